The molecule has 2 rings (SSSR count). The van der Waals surface area contributed by atoms with E-state index in [1.54, 1.807) is 24.3 Å². The number of benzene rings is 1. The Balaban J connectivity index is 1.94. The van der Waals surface area contributed by atoms with Gasteiger partial charge in [0.05, 0.1) is 12.1 Å². The van der Waals surface area contributed by atoms with Gasteiger partial charge in [0.1, 0.15) is 0 Å². The van der Waals surface area contributed by atoms with Crippen LogP contribution in [0, 0.1) is 0 Å². The highest BCUT2D eigenvalue weighted by molar-refractivity contribution is 6.00. The summed E-state index contributed by atoms with van der Waals surface area (Å²) >= 11 is 0. The number of nitrogens with two attached hydrogens (primary N) is 1. The normalized spacial score (nSPS) is 15.7. The van der Waals surface area contributed by atoms with Crippen molar-refractivity contribution in [2.75, 3.05) is 18.5 Å². The van der Waals surface area contributed by atoms with Crippen molar-refractivity contribution in [2.24, 2.45) is 5.73 Å². The van der Waals surface area contributed by atoms with Gasteiger partial charge in [0.2, 0.25) is 5.91 Å². The number of carbonyl (C=O) groups excluding carboxylic acids is 2. The second-order valence-electron chi connectivity index (χ2n) is 4.67. The molecule has 19 heavy (non-hydrogen) atoms. The summed E-state index contributed by atoms with van der Waals surface area (Å²) < 4.78 is 0. The van der Waals surface area contributed by atoms with E-state index >= 15 is 0 Å². The topological polar surface area (TPSA) is 104 Å². The Morgan fingerprint density at radius 3 is 2.42 bits per heavy atom. The van der Waals surface area contributed by atoms with Gasteiger partial charge in [-0.25, -0.2) is 0 Å². The van der Waals surface area contributed by atoms with Crippen LogP contribution in [0.15, 0.2) is 24.3 Å². The van der Waals surface area contributed by atoms with Gasteiger partial charge in [-0.05, 0) is 37.1 Å². The van der Waals surface area contributed by atoms with Gasteiger partial charge in [-0.3, -0.25) is 9.59 Å². The second kappa shape index (κ2) is 5.38. The predicted molar refractivity (Wildman–Crippen MR) is 70.6 cm³/mol. The van der Waals surface area contributed by atoms with Crippen molar-refractivity contribution in [1.29, 1.82) is 0 Å². The summed E-state index contributed by atoms with van der Waals surface area (Å²) in [7, 11) is 0. The fourth-order valence-electron chi connectivity index (χ4n) is 1.59. The molecule has 6 nitrogen and oxygen atoms in total. The van der Waals surface area contributed by atoms with Crippen molar-refractivity contribution >= 4 is 17.5 Å². The monoisotopic (exact) mass is 263 g/mol. The average molecular weight is 263 g/mol. The number of anilines is 1. The molecule has 1 aromatic carbocycles. The highest BCUT2D eigenvalue weighted by Crippen LogP contribution is 2.33. The largest absolute Gasteiger partial charge is 0.395 e. The summed E-state index contributed by atoms with van der Waals surface area (Å²) in [6, 6.07) is 6.52. The Bertz CT molecular complexity index is 480. The maximum atomic E-state index is 11.7. The minimum Gasteiger partial charge on any atom is -0.395 e. The lowest BCUT2D eigenvalue weighted by Gasteiger charge is -2.10. The molecule has 0 aromatic heterocycles. The van der Waals surface area contributed by atoms with Crippen LogP contribution < -0.4 is 16.4 Å². The standard InChI is InChI=1S/C13H17N3O3/c14-13(5-6-13)12(19)16-10-3-1-9(2-4-10)11(18)15-7-8-17/h1-4,17H,5-8,14H2,(H,15,18)(H,16,19). The number of amides is 2. The zero-order valence-corrected chi connectivity index (χ0v) is 10.5. The summed E-state index contributed by atoms with van der Waals surface area (Å²) in [4.78, 5) is 23.3. The maximum absolute atomic E-state index is 11.7. The number of nitrogens with one attached hydrogen (secondary N) is 2. The maximum Gasteiger partial charge on any atom is 0.251 e. The summed E-state index contributed by atoms with van der Waals surface area (Å²) in [5.41, 5.74) is 6.14. The third kappa shape index (κ3) is 3.30. The van der Waals surface area contributed by atoms with Crippen molar-refractivity contribution in [3.05, 3.63) is 29.8 Å². The minimum absolute atomic E-state index is 0.0987. The van der Waals surface area contributed by atoms with E-state index in [0.29, 0.717) is 24.1 Å². The molecule has 0 spiro atoms. The van der Waals surface area contributed by atoms with Gasteiger partial charge in [0, 0.05) is 17.8 Å². The van der Waals surface area contributed by atoms with Crippen LogP contribution in [0.4, 0.5) is 5.69 Å². The molecule has 0 atom stereocenters. The molecule has 0 heterocycles. The third-order valence-electron chi connectivity index (χ3n) is 3.04. The molecule has 1 aliphatic carbocycles. The van der Waals surface area contributed by atoms with Gasteiger partial charge in [0.15, 0.2) is 0 Å². The van der Waals surface area contributed by atoms with Crippen molar-refractivity contribution < 1.29 is 14.7 Å². The van der Waals surface area contributed by atoms with Gasteiger partial charge in [-0.1, -0.05) is 0 Å². The van der Waals surface area contributed by atoms with E-state index < -0.39 is 5.54 Å². The Morgan fingerprint density at radius 2 is 1.89 bits per heavy atom. The summed E-state index contributed by atoms with van der Waals surface area (Å²) in [6.07, 6.45) is 1.42. The number of rotatable bonds is 5. The number of hydrogen-bond donors (Lipinski definition) is 4. The van der Waals surface area contributed by atoms with Gasteiger partial charge in [-0.2, -0.15) is 0 Å². The molecule has 0 saturated heterocycles. The first-order chi connectivity index (χ1) is 9.05. The highest BCUT2D eigenvalue weighted by atomic mass is 16.3. The number of carbonyl (C=O) groups is 2. The number of aliphatic hydroxyl groups is 1. The SMILES string of the molecule is NC1(C(=O)Nc2ccc(C(=O)NCCO)cc2)CC1. The number of hydrogen-bond acceptors (Lipinski definition) is 4. The quantitative estimate of drug-likeness (QED) is 0.592. The molecule has 0 bridgehead atoms. The lowest BCUT2D eigenvalue weighted by molar-refractivity contribution is -0.118. The molecule has 102 valence electrons. The fourth-order valence-corrected chi connectivity index (χ4v) is 1.59. The van der Waals surface area contributed by atoms with Crippen LogP contribution in [0.1, 0.15) is 23.2 Å². The Labute approximate surface area is 111 Å². The first-order valence-corrected chi connectivity index (χ1v) is 6.15. The van der Waals surface area contributed by atoms with Crippen molar-refractivity contribution in [2.45, 2.75) is 18.4 Å². The van der Waals surface area contributed by atoms with E-state index in [9.17, 15) is 9.59 Å². The average Bonchev–Trinajstić information content (AvgIpc) is 3.16. The molecule has 2 amide bonds. The van der Waals surface area contributed by atoms with Crippen LogP contribution in [0.25, 0.3) is 0 Å². The van der Waals surface area contributed by atoms with Gasteiger partial charge >= 0.3 is 0 Å². The van der Waals surface area contributed by atoms with Crippen LogP contribution in [0.5, 0.6) is 0 Å². The van der Waals surface area contributed by atoms with Crippen LogP contribution in [-0.2, 0) is 4.79 Å². The second-order valence-corrected chi connectivity index (χ2v) is 4.67. The highest BCUT2D eigenvalue weighted by Gasteiger charge is 2.45. The lowest BCUT2D eigenvalue weighted by Crippen LogP contribution is -2.37. The zero-order valence-electron chi connectivity index (χ0n) is 10.5. The minimum atomic E-state index is -0.711. The Morgan fingerprint density at radius 1 is 1.26 bits per heavy atom. The molecule has 1 fully saturated rings. The van der Waals surface area contributed by atoms with E-state index in [0.717, 1.165) is 0 Å². The van der Waals surface area contributed by atoms with E-state index in [4.69, 9.17) is 10.8 Å². The molecule has 0 unspecified atom stereocenters. The molecular formula is C13H17N3O3. The smallest absolute Gasteiger partial charge is 0.251 e. The van der Waals surface area contributed by atoms with E-state index in [-0.39, 0.29) is 25.0 Å². The first kappa shape index (κ1) is 13.5. The van der Waals surface area contributed by atoms with Crippen LogP contribution in [0.2, 0.25) is 0 Å². The Hall–Kier alpha value is -1.92. The van der Waals surface area contributed by atoms with E-state index in [1.165, 1.54) is 0 Å². The van der Waals surface area contributed by atoms with Gasteiger partial charge in [0.25, 0.3) is 5.91 Å². The van der Waals surface area contributed by atoms with Gasteiger partial charge < -0.3 is 21.5 Å². The van der Waals surface area contributed by atoms with Crippen molar-refractivity contribution in [1.82, 2.24) is 5.32 Å². The van der Waals surface area contributed by atoms with Gasteiger partial charge in [-0.15, -0.1) is 0 Å². The summed E-state index contributed by atoms with van der Waals surface area (Å²) in [6.45, 7) is 0.117. The Kier molecular flexibility index (Phi) is 3.82. The van der Waals surface area contributed by atoms with Crippen molar-refractivity contribution in [3.63, 3.8) is 0 Å². The third-order valence-corrected chi connectivity index (χ3v) is 3.04. The van der Waals surface area contributed by atoms with Crippen molar-refractivity contribution in [3.8, 4) is 0 Å². The summed E-state index contributed by atoms with van der Waals surface area (Å²) in [5.74, 6) is -0.450. The molecule has 0 aliphatic heterocycles. The predicted octanol–water partition coefficient (Wildman–Crippen LogP) is -0.162. The zero-order chi connectivity index (χ0) is 13.9. The molecule has 6 heteroatoms. The molecular weight excluding hydrogens is 246 g/mol. The molecule has 0 radical (unpaired) electrons. The van der Waals surface area contributed by atoms with E-state index in [2.05, 4.69) is 10.6 Å². The van der Waals surface area contributed by atoms with Crippen LogP contribution in [-0.4, -0.2) is 35.6 Å². The molecule has 1 aliphatic rings. The molecule has 1 saturated carbocycles. The summed E-state index contributed by atoms with van der Waals surface area (Å²) in [5, 5.41) is 13.9. The number of aliphatic hydroxyl groups excluding tert-OH is 1. The lowest BCUT2D eigenvalue weighted by atomic mass is 10.2. The van der Waals surface area contributed by atoms with Crippen LogP contribution in [0.3, 0.4) is 0 Å². The molecule has 1 aromatic rings. The molecule has 5 N–H and O–H groups in total. The first-order valence-electron chi connectivity index (χ1n) is 6.15. The van der Waals surface area contributed by atoms with E-state index in [1.807, 2.05) is 0 Å². The van der Waals surface area contributed by atoms with Crippen LogP contribution >= 0.6 is 0 Å². The fraction of sp³-hybridized carbons (Fsp3) is 0.385.